The van der Waals surface area contributed by atoms with Gasteiger partial charge in [0.1, 0.15) is 12.4 Å². The van der Waals surface area contributed by atoms with Gasteiger partial charge in [0.05, 0.1) is 24.7 Å². The van der Waals surface area contributed by atoms with Gasteiger partial charge >= 0.3 is 5.97 Å². The highest BCUT2D eigenvalue weighted by Gasteiger charge is 2.45. The van der Waals surface area contributed by atoms with Gasteiger partial charge in [-0.1, -0.05) is 0 Å². The average Bonchev–Trinajstić information content (AvgIpc) is 2.52. The van der Waals surface area contributed by atoms with Crippen LogP contribution in [-0.2, 0) is 19.6 Å². The maximum atomic E-state index is 13.9. The first kappa shape index (κ1) is 21.5. The summed E-state index contributed by atoms with van der Waals surface area (Å²) in [5, 5.41) is 8.65. The number of alkyl halides is 2. The summed E-state index contributed by atoms with van der Waals surface area (Å²) < 4.78 is 65.2. The molecule has 1 aromatic rings. The van der Waals surface area contributed by atoms with E-state index in [-0.39, 0.29) is 11.4 Å². The lowest BCUT2D eigenvalue weighted by atomic mass is 10.0. The third kappa shape index (κ3) is 4.94. The molecule has 1 atom stereocenters. The van der Waals surface area contributed by atoms with Gasteiger partial charge in [-0.05, 0) is 37.1 Å². The van der Waals surface area contributed by atoms with Crippen molar-refractivity contribution in [2.75, 3.05) is 26.9 Å². The van der Waals surface area contributed by atoms with Crippen molar-refractivity contribution in [1.29, 1.82) is 0 Å². The van der Waals surface area contributed by atoms with Crippen LogP contribution >= 0.6 is 0 Å². The Balaban J connectivity index is 2.38. The fourth-order valence-corrected chi connectivity index (χ4v) is 5.32. The van der Waals surface area contributed by atoms with Crippen LogP contribution < -0.4 is 4.74 Å². The summed E-state index contributed by atoms with van der Waals surface area (Å²) in [5.74, 6) is -3.79. The summed E-state index contributed by atoms with van der Waals surface area (Å²) in [5.41, 5.74) is 0.878. The standard InChI is InChI=1S/C17H23F2NO6S/c1-11-6-14(25-3)7-12(2)16(11)27(23,24)20-5-4-17(18,19)8-13(20)9-26-10-15(21)22/h6-7,13H,4-5,8-10H2,1-3H3,(H,21,22). The van der Waals surface area contributed by atoms with Gasteiger partial charge in [0.2, 0.25) is 10.0 Å². The molecule has 0 spiro atoms. The lowest BCUT2D eigenvalue weighted by Crippen LogP contribution is -2.51. The monoisotopic (exact) mass is 407 g/mol. The number of piperidine rings is 1. The van der Waals surface area contributed by atoms with Gasteiger partial charge in [-0.15, -0.1) is 0 Å². The van der Waals surface area contributed by atoms with Gasteiger partial charge in [0.15, 0.2) is 0 Å². The Morgan fingerprint density at radius 1 is 1.33 bits per heavy atom. The van der Waals surface area contributed by atoms with E-state index in [1.165, 1.54) is 7.11 Å². The zero-order chi connectivity index (χ0) is 20.4. The minimum atomic E-state index is -4.08. The van der Waals surface area contributed by atoms with Crippen LogP contribution in [0.1, 0.15) is 24.0 Å². The van der Waals surface area contributed by atoms with Crippen LogP contribution in [0.2, 0.25) is 0 Å². The Bertz CT molecular complexity index is 789. The van der Waals surface area contributed by atoms with E-state index in [1.807, 2.05) is 0 Å². The Hall–Kier alpha value is -1.78. The summed E-state index contributed by atoms with van der Waals surface area (Å²) >= 11 is 0. The molecule has 0 saturated carbocycles. The number of carboxylic acid groups (broad SMARTS) is 1. The number of sulfonamides is 1. The number of carbonyl (C=O) groups is 1. The number of carboxylic acids is 1. The van der Waals surface area contributed by atoms with Gasteiger partial charge in [0, 0.05) is 19.4 Å². The summed E-state index contributed by atoms with van der Waals surface area (Å²) in [6.45, 7) is 1.74. The van der Waals surface area contributed by atoms with Crippen molar-refractivity contribution in [3.63, 3.8) is 0 Å². The Labute approximate surface area is 156 Å². The highest BCUT2D eigenvalue weighted by molar-refractivity contribution is 7.89. The van der Waals surface area contributed by atoms with E-state index in [1.54, 1.807) is 26.0 Å². The number of methoxy groups -OCH3 is 1. The maximum absolute atomic E-state index is 13.9. The van der Waals surface area contributed by atoms with Crippen molar-refractivity contribution in [2.45, 2.75) is 43.5 Å². The van der Waals surface area contributed by atoms with Crippen molar-refractivity contribution in [3.8, 4) is 5.75 Å². The number of aryl methyl sites for hydroxylation is 2. The van der Waals surface area contributed by atoms with Crippen molar-refractivity contribution >= 4 is 16.0 Å². The second-order valence-corrected chi connectivity index (χ2v) is 8.41. The van der Waals surface area contributed by atoms with Gasteiger partial charge < -0.3 is 14.6 Å². The van der Waals surface area contributed by atoms with Crippen molar-refractivity contribution in [3.05, 3.63) is 23.3 Å². The number of halogens is 2. The molecule has 27 heavy (non-hydrogen) atoms. The average molecular weight is 407 g/mol. The normalized spacial score (nSPS) is 20.4. The molecule has 0 radical (unpaired) electrons. The highest BCUT2D eigenvalue weighted by atomic mass is 32.2. The molecule has 2 rings (SSSR count). The van der Waals surface area contributed by atoms with Crippen molar-refractivity contribution in [2.24, 2.45) is 0 Å². The minimum absolute atomic E-state index is 0.0387. The molecule has 10 heteroatoms. The molecule has 1 saturated heterocycles. The van der Waals surface area contributed by atoms with Crippen LogP contribution in [0.25, 0.3) is 0 Å². The fraction of sp³-hybridized carbons (Fsp3) is 0.588. The van der Waals surface area contributed by atoms with Gasteiger partial charge in [-0.3, -0.25) is 0 Å². The number of rotatable bonds is 7. The van der Waals surface area contributed by atoms with Crippen LogP contribution in [0.5, 0.6) is 5.75 Å². The molecule has 1 aromatic carbocycles. The summed E-state index contributed by atoms with van der Waals surface area (Å²) in [6.07, 6.45) is -1.32. The minimum Gasteiger partial charge on any atom is -0.497 e. The zero-order valence-corrected chi connectivity index (χ0v) is 16.2. The molecule has 0 amide bonds. The molecule has 1 heterocycles. The molecule has 1 fully saturated rings. The first-order chi connectivity index (χ1) is 12.5. The molecular formula is C17H23F2NO6S. The van der Waals surface area contributed by atoms with Crippen LogP contribution in [-0.4, -0.2) is 62.6 Å². The van der Waals surface area contributed by atoms with E-state index in [0.29, 0.717) is 16.9 Å². The van der Waals surface area contributed by atoms with Crippen LogP contribution in [0.3, 0.4) is 0 Å². The topological polar surface area (TPSA) is 93.1 Å². The van der Waals surface area contributed by atoms with E-state index in [4.69, 9.17) is 14.6 Å². The maximum Gasteiger partial charge on any atom is 0.329 e. The fourth-order valence-electron chi connectivity index (χ4n) is 3.30. The van der Waals surface area contributed by atoms with Gasteiger partial charge in [0.25, 0.3) is 5.92 Å². The lowest BCUT2D eigenvalue weighted by Gasteiger charge is -2.38. The first-order valence-corrected chi connectivity index (χ1v) is 9.76. The molecule has 0 aliphatic carbocycles. The van der Waals surface area contributed by atoms with Crippen molar-refractivity contribution in [1.82, 2.24) is 4.31 Å². The molecule has 1 N–H and O–H groups in total. The van der Waals surface area contributed by atoms with Gasteiger partial charge in [-0.2, -0.15) is 4.31 Å². The molecule has 0 aromatic heterocycles. The molecular weight excluding hydrogens is 384 g/mol. The molecule has 7 nitrogen and oxygen atoms in total. The largest absolute Gasteiger partial charge is 0.497 e. The van der Waals surface area contributed by atoms with E-state index in [2.05, 4.69) is 0 Å². The number of benzene rings is 1. The van der Waals surface area contributed by atoms with Crippen LogP contribution in [0.15, 0.2) is 17.0 Å². The second kappa shape index (κ2) is 8.07. The molecule has 1 aliphatic rings. The number of aliphatic carboxylic acids is 1. The van der Waals surface area contributed by atoms with Crippen molar-refractivity contribution < 1.29 is 36.6 Å². The smallest absolute Gasteiger partial charge is 0.329 e. The molecule has 1 unspecified atom stereocenters. The van der Waals surface area contributed by atoms with E-state index in [0.717, 1.165) is 4.31 Å². The third-order valence-electron chi connectivity index (χ3n) is 4.41. The number of hydrogen-bond acceptors (Lipinski definition) is 5. The molecule has 152 valence electrons. The Morgan fingerprint density at radius 3 is 2.44 bits per heavy atom. The van der Waals surface area contributed by atoms with Gasteiger partial charge in [-0.25, -0.2) is 22.0 Å². The number of nitrogens with zero attached hydrogens (tertiary/aromatic N) is 1. The van der Waals surface area contributed by atoms with E-state index in [9.17, 15) is 22.0 Å². The molecule has 1 aliphatic heterocycles. The highest BCUT2D eigenvalue weighted by Crippen LogP contribution is 2.37. The Kier molecular flexibility index (Phi) is 6.43. The van der Waals surface area contributed by atoms with Crippen LogP contribution in [0.4, 0.5) is 8.78 Å². The van der Waals surface area contributed by atoms with Crippen LogP contribution in [0, 0.1) is 13.8 Å². The number of ether oxygens (including phenoxy) is 2. The predicted octanol–water partition coefficient (Wildman–Crippen LogP) is 2.20. The SMILES string of the molecule is COc1cc(C)c(S(=O)(=O)N2CCC(F)(F)CC2COCC(=O)O)c(C)c1. The predicted molar refractivity (Wildman–Crippen MR) is 92.8 cm³/mol. The summed E-state index contributed by atoms with van der Waals surface area (Å²) in [7, 11) is -2.62. The third-order valence-corrected chi connectivity index (χ3v) is 6.67. The second-order valence-electron chi connectivity index (χ2n) is 6.58. The van der Waals surface area contributed by atoms with E-state index >= 15 is 0 Å². The summed E-state index contributed by atoms with van der Waals surface area (Å²) in [4.78, 5) is 10.6. The van der Waals surface area contributed by atoms with E-state index < -0.39 is 54.0 Å². The quantitative estimate of drug-likeness (QED) is 0.745. The molecule has 0 bridgehead atoms. The Morgan fingerprint density at radius 2 is 1.93 bits per heavy atom. The summed E-state index contributed by atoms with van der Waals surface area (Å²) in [6, 6.07) is 1.97. The first-order valence-electron chi connectivity index (χ1n) is 8.32. The number of hydrogen-bond donors (Lipinski definition) is 1. The lowest BCUT2D eigenvalue weighted by molar-refractivity contribution is -0.143. The zero-order valence-electron chi connectivity index (χ0n) is 15.4.